The van der Waals surface area contributed by atoms with E-state index >= 15 is 0 Å². The smallest absolute Gasteiger partial charge is 0.339 e. The predicted molar refractivity (Wildman–Crippen MR) is 100 cm³/mol. The van der Waals surface area contributed by atoms with Crippen LogP contribution in [0.4, 0.5) is 0 Å². The molecule has 7 heteroatoms. The Morgan fingerprint density at radius 3 is 2.67 bits per heavy atom. The Morgan fingerprint density at radius 1 is 1.15 bits per heavy atom. The van der Waals surface area contributed by atoms with Gasteiger partial charge in [0.2, 0.25) is 0 Å². The van der Waals surface area contributed by atoms with Crippen molar-refractivity contribution in [3.8, 4) is 5.75 Å². The molecule has 1 aromatic carbocycles. The second kappa shape index (κ2) is 7.99. The Kier molecular flexibility index (Phi) is 5.49. The third-order valence-corrected chi connectivity index (χ3v) is 4.00. The Bertz CT molecular complexity index is 978. The quantitative estimate of drug-likeness (QED) is 0.361. The van der Waals surface area contributed by atoms with Gasteiger partial charge in [0.05, 0.1) is 17.3 Å². The van der Waals surface area contributed by atoms with Gasteiger partial charge in [-0.2, -0.15) is 5.10 Å². The minimum Gasteiger partial charge on any atom is -0.489 e. The summed E-state index contributed by atoms with van der Waals surface area (Å²) in [4.78, 5) is 28.1. The molecule has 0 aliphatic rings. The predicted octanol–water partition coefficient (Wildman–Crippen LogP) is 3.45. The molecular weight excluding hydrogens is 346 g/mol. The molecule has 140 valence electrons. The molecule has 3 aromatic rings. The molecule has 27 heavy (non-hydrogen) atoms. The number of ketones is 1. The van der Waals surface area contributed by atoms with E-state index in [4.69, 9.17) is 9.47 Å². The van der Waals surface area contributed by atoms with Gasteiger partial charge in [-0.3, -0.25) is 4.79 Å². The highest BCUT2D eigenvalue weighted by Gasteiger charge is 2.13. The summed E-state index contributed by atoms with van der Waals surface area (Å²) in [6.07, 6.45) is 3.16. The molecule has 0 bridgehead atoms. The first-order valence-electron chi connectivity index (χ1n) is 8.70. The lowest BCUT2D eigenvalue weighted by Crippen LogP contribution is -2.13. The van der Waals surface area contributed by atoms with Crippen molar-refractivity contribution in [1.29, 1.82) is 0 Å². The highest BCUT2D eigenvalue weighted by atomic mass is 16.6. The van der Waals surface area contributed by atoms with E-state index in [-0.39, 0.29) is 25.0 Å². The van der Waals surface area contributed by atoms with Crippen molar-refractivity contribution in [1.82, 2.24) is 14.8 Å². The van der Waals surface area contributed by atoms with E-state index < -0.39 is 5.97 Å². The number of esters is 1. The summed E-state index contributed by atoms with van der Waals surface area (Å²) in [5.41, 5.74) is 1.58. The lowest BCUT2D eigenvalue weighted by molar-refractivity contribution is 0.0449. The average Bonchev–Trinajstić information content (AvgIpc) is 3.08. The van der Waals surface area contributed by atoms with Crippen molar-refractivity contribution in [3.05, 3.63) is 53.9 Å². The summed E-state index contributed by atoms with van der Waals surface area (Å²) < 4.78 is 12.6. The number of Topliss-reactive ketones (excluding diaryl/α,β-unsaturated/α-hetero) is 1. The van der Waals surface area contributed by atoms with Crippen molar-refractivity contribution in [2.24, 2.45) is 0 Å². The minimum atomic E-state index is -0.481. The number of ether oxygens (including phenoxy) is 2. The van der Waals surface area contributed by atoms with Gasteiger partial charge in [0.25, 0.3) is 0 Å². The first-order chi connectivity index (χ1) is 13.0. The van der Waals surface area contributed by atoms with E-state index in [0.29, 0.717) is 16.9 Å². The van der Waals surface area contributed by atoms with Crippen LogP contribution < -0.4 is 4.74 Å². The first-order valence-corrected chi connectivity index (χ1v) is 8.70. The lowest BCUT2D eigenvalue weighted by Gasteiger charge is -2.10. The number of hydrogen-bond donors (Lipinski definition) is 0. The minimum absolute atomic E-state index is 0.0639. The maximum absolute atomic E-state index is 12.2. The van der Waals surface area contributed by atoms with Crippen LogP contribution in [0.1, 0.15) is 47.5 Å². The van der Waals surface area contributed by atoms with Crippen LogP contribution in [-0.4, -0.2) is 39.7 Å². The van der Waals surface area contributed by atoms with Crippen molar-refractivity contribution >= 4 is 22.8 Å². The largest absolute Gasteiger partial charge is 0.489 e. The fraction of sp³-hybridized carbons (Fsp3) is 0.300. The molecule has 0 radical (unpaired) electrons. The van der Waals surface area contributed by atoms with E-state index in [1.165, 1.54) is 13.1 Å². The van der Waals surface area contributed by atoms with Crippen LogP contribution in [0.25, 0.3) is 11.0 Å². The van der Waals surface area contributed by atoms with Crippen LogP contribution in [0.3, 0.4) is 0 Å². The van der Waals surface area contributed by atoms with E-state index in [9.17, 15) is 9.59 Å². The number of hydrogen-bond acceptors (Lipinski definition) is 6. The van der Waals surface area contributed by atoms with Crippen LogP contribution >= 0.6 is 0 Å². The number of fused-ring (bicyclic) bond motifs is 1. The normalized spacial score (nSPS) is 11.0. The summed E-state index contributed by atoms with van der Waals surface area (Å²) in [6, 6.07) is 8.86. The number of carbonyl (C=O) groups is 2. The Hall–Kier alpha value is -3.22. The second-order valence-corrected chi connectivity index (χ2v) is 6.36. The van der Waals surface area contributed by atoms with Gasteiger partial charge in [-0.05, 0) is 39.0 Å². The average molecular weight is 367 g/mol. The van der Waals surface area contributed by atoms with Gasteiger partial charge in [-0.1, -0.05) is 12.1 Å². The molecule has 0 spiro atoms. The number of rotatable bonds is 7. The van der Waals surface area contributed by atoms with E-state index in [1.54, 1.807) is 41.2 Å². The van der Waals surface area contributed by atoms with Crippen LogP contribution in [-0.2, 0) is 4.74 Å². The number of carbonyl (C=O) groups excluding carboxylic acids is 2. The third kappa shape index (κ3) is 4.13. The molecule has 0 N–H and O–H groups in total. The van der Waals surface area contributed by atoms with E-state index in [0.717, 1.165) is 11.0 Å². The Labute approximate surface area is 156 Å². The van der Waals surface area contributed by atoms with E-state index in [2.05, 4.69) is 10.1 Å². The zero-order valence-corrected chi connectivity index (χ0v) is 15.5. The van der Waals surface area contributed by atoms with Crippen LogP contribution in [0.15, 0.2) is 42.7 Å². The van der Waals surface area contributed by atoms with Gasteiger partial charge >= 0.3 is 5.97 Å². The summed E-state index contributed by atoms with van der Waals surface area (Å²) in [5, 5.41) is 5.06. The molecule has 3 rings (SSSR count). The molecule has 0 aliphatic heterocycles. The van der Waals surface area contributed by atoms with Gasteiger partial charge in [0.1, 0.15) is 19.0 Å². The Balaban J connectivity index is 1.58. The highest BCUT2D eigenvalue weighted by molar-refractivity contribution is 5.96. The number of pyridine rings is 1. The fourth-order valence-electron chi connectivity index (χ4n) is 2.68. The maximum Gasteiger partial charge on any atom is 0.339 e. The van der Waals surface area contributed by atoms with Crippen molar-refractivity contribution < 1.29 is 19.1 Å². The van der Waals surface area contributed by atoms with Gasteiger partial charge in [0.15, 0.2) is 11.4 Å². The summed E-state index contributed by atoms with van der Waals surface area (Å²) in [5.74, 6) is -0.0840. The monoisotopic (exact) mass is 367 g/mol. The number of aromatic nitrogens is 3. The van der Waals surface area contributed by atoms with Crippen molar-refractivity contribution in [2.45, 2.75) is 26.8 Å². The van der Waals surface area contributed by atoms with Gasteiger partial charge in [0, 0.05) is 17.6 Å². The molecule has 0 unspecified atom stereocenters. The molecule has 7 nitrogen and oxygen atoms in total. The first kappa shape index (κ1) is 18.6. The summed E-state index contributed by atoms with van der Waals surface area (Å²) in [6.45, 7) is 5.72. The second-order valence-electron chi connectivity index (χ2n) is 6.36. The summed E-state index contributed by atoms with van der Waals surface area (Å²) in [7, 11) is 0. The number of benzene rings is 1. The highest BCUT2D eigenvalue weighted by Crippen LogP contribution is 2.19. The SMILES string of the molecule is CC(=O)c1ccccc1OCCOC(=O)c1cnc2c(cnn2C(C)C)c1. The summed E-state index contributed by atoms with van der Waals surface area (Å²) >= 11 is 0. The zero-order valence-electron chi connectivity index (χ0n) is 15.5. The van der Waals surface area contributed by atoms with E-state index in [1.807, 2.05) is 13.8 Å². The van der Waals surface area contributed by atoms with Crippen molar-refractivity contribution in [3.63, 3.8) is 0 Å². The zero-order chi connectivity index (χ0) is 19.4. The maximum atomic E-state index is 12.2. The molecule has 2 aromatic heterocycles. The molecular formula is C20H21N3O4. The number of para-hydroxylation sites is 1. The molecule has 0 aliphatic carbocycles. The fourth-order valence-corrected chi connectivity index (χ4v) is 2.68. The standard InChI is InChI=1S/C20H21N3O4/c1-13(2)23-19-15(12-22-23)10-16(11-21-19)20(25)27-9-8-26-18-7-5-4-6-17(18)14(3)24/h4-7,10-13H,8-9H2,1-3H3. The topological polar surface area (TPSA) is 83.3 Å². The Morgan fingerprint density at radius 2 is 1.93 bits per heavy atom. The molecule has 2 heterocycles. The van der Waals surface area contributed by atoms with Crippen LogP contribution in [0.5, 0.6) is 5.75 Å². The van der Waals surface area contributed by atoms with Crippen LogP contribution in [0.2, 0.25) is 0 Å². The molecule has 0 amide bonds. The molecule has 0 fully saturated rings. The van der Waals surface area contributed by atoms with Gasteiger partial charge in [-0.25, -0.2) is 14.5 Å². The van der Waals surface area contributed by atoms with Gasteiger partial charge < -0.3 is 9.47 Å². The van der Waals surface area contributed by atoms with Crippen molar-refractivity contribution in [2.75, 3.05) is 13.2 Å². The van der Waals surface area contributed by atoms with Gasteiger partial charge in [-0.15, -0.1) is 0 Å². The molecule has 0 atom stereocenters. The third-order valence-electron chi connectivity index (χ3n) is 4.00. The molecule has 0 saturated carbocycles. The number of nitrogens with zero attached hydrogens (tertiary/aromatic N) is 3. The van der Waals surface area contributed by atoms with Crippen LogP contribution in [0, 0.1) is 0 Å². The lowest BCUT2D eigenvalue weighted by atomic mass is 10.1. The molecule has 0 saturated heterocycles.